The van der Waals surface area contributed by atoms with Crippen molar-refractivity contribution >= 4 is 0 Å². The third-order valence-electron chi connectivity index (χ3n) is 4.14. The van der Waals surface area contributed by atoms with Gasteiger partial charge in [-0.25, -0.2) is 4.98 Å². The molecule has 0 bridgehead atoms. The third kappa shape index (κ3) is 3.09. The van der Waals surface area contributed by atoms with E-state index in [4.69, 9.17) is 0 Å². The molecule has 1 fully saturated rings. The highest BCUT2D eigenvalue weighted by Gasteiger charge is 2.36. The van der Waals surface area contributed by atoms with Crippen molar-refractivity contribution in [1.82, 2.24) is 14.9 Å². The molecule has 17 heavy (non-hydrogen) atoms. The van der Waals surface area contributed by atoms with E-state index in [1.54, 1.807) is 0 Å². The van der Waals surface area contributed by atoms with E-state index in [1.807, 2.05) is 12.4 Å². The van der Waals surface area contributed by atoms with Gasteiger partial charge in [0.25, 0.3) is 0 Å². The average Bonchev–Trinajstić information content (AvgIpc) is 2.67. The summed E-state index contributed by atoms with van der Waals surface area (Å²) in [6.45, 7) is 4.59. The zero-order chi connectivity index (χ0) is 12.1. The molecular weight excluding hydrogens is 210 g/mol. The zero-order valence-electron chi connectivity index (χ0n) is 11.2. The van der Waals surface area contributed by atoms with Gasteiger partial charge in [-0.1, -0.05) is 13.3 Å². The van der Waals surface area contributed by atoms with Gasteiger partial charge in [-0.05, 0) is 37.6 Å². The summed E-state index contributed by atoms with van der Waals surface area (Å²) in [4.78, 5) is 4.42. The number of aromatic nitrogens is 2. The summed E-state index contributed by atoms with van der Waals surface area (Å²) < 4.78 is 2.14. The number of aryl methyl sites for hydroxylation is 2. The fourth-order valence-electron chi connectivity index (χ4n) is 2.74. The fourth-order valence-corrected chi connectivity index (χ4v) is 2.74. The smallest absolute Gasteiger partial charge is 0.108 e. The van der Waals surface area contributed by atoms with Gasteiger partial charge in [0.15, 0.2) is 0 Å². The van der Waals surface area contributed by atoms with E-state index >= 15 is 0 Å². The van der Waals surface area contributed by atoms with E-state index in [0.717, 1.165) is 13.0 Å². The molecule has 3 nitrogen and oxygen atoms in total. The number of hydrogen-bond donors (Lipinski definition) is 1. The Morgan fingerprint density at radius 2 is 2.29 bits per heavy atom. The molecule has 1 aliphatic rings. The second-order valence-electron chi connectivity index (χ2n) is 5.48. The standard InChI is InChI=1S/C14H25N3/c1-3-9-15-12-14(6-4-7-14)8-5-13-16-10-11-17(13)2/h10-11,15H,3-9,12H2,1-2H3. The number of hydrogen-bond acceptors (Lipinski definition) is 2. The lowest BCUT2D eigenvalue weighted by molar-refractivity contribution is 0.116. The second-order valence-corrected chi connectivity index (χ2v) is 5.48. The van der Waals surface area contributed by atoms with E-state index in [1.165, 1.54) is 44.5 Å². The van der Waals surface area contributed by atoms with Crippen LogP contribution in [0.15, 0.2) is 12.4 Å². The molecule has 0 spiro atoms. The lowest BCUT2D eigenvalue weighted by Gasteiger charge is -2.42. The van der Waals surface area contributed by atoms with Crippen LogP contribution in [0.1, 0.15) is 44.9 Å². The minimum Gasteiger partial charge on any atom is -0.338 e. The molecule has 1 aromatic rings. The van der Waals surface area contributed by atoms with Crippen molar-refractivity contribution in [2.45, 2.75) is 45.4 Å². The molecule has 1 heterocycles. The molecule has 1 aromatic heterocycles. The number of nitrogens with zero attached hydrogens (tertiary/aromatic N) is 2. The van der Waals surface area contributed by atoms with Gasteiger partial charge in [-0.15, -0.1) is 0 Å². The first-order valence-electron chi connectivity index (χ1n) is 6.93. The molecule has 96 valence electrons. The van der Waals surface area contributed by atoms with Gasteiger partial charge in [0.1, 0.15) is 5.82 Å². The maximum atomic E-state index is 4.42. The van der Waals surface area contributed by atoms with Gasteiger partial charge in [0.2, 0.25) is 0 Å². The number of imidazole rings is 1. The minimum absolute atomic E-state index is 0.571. The largest absolute Gasteiger partial charge is 0.338 e. The summed E-state index contributed by atoms with van der Waals surface area (Å²) >= 11 is 0. The van der Waals surface area contributed by atoms with Gasteiger partial charge < -0.3 is 9.88 Å². The van der Waals surface area contributed by atoms with E-state index in [9.17, 15) is 0 Å². The zero-order valence-corrected chi connectivity index (χ0v) is 11.2. The van der Waals surface area contributed by atoms with Crippen LogP contribution < -0.4 is 5.32 Å². The Morgan fingerprint density at radius 3 is 2.82 bits per heavy atom. The highest BCUT2D eigenvalue weighted by Crippen LogP contribution is 2.44. The van der Waals surface area contributed by atoms with Crippen molar-refractivity contribution in [3.05, 3.63) is 18.2 Å². The first kappa shape index (κ1) is 12.6. The van der Waals surface area contributed by atoms with Crippen LogP contribution in [0.4, 0.5) is 0 Å². The predicted octanol–water partition coefficient (Wildman–Crippen LogP) is 2.52. The van der Waals surface area contributed by atoms with Gasteiger partial charge >= 0.3 is 0 Å². The molecule has 0 aromatic carbocycles. The quantitative estimate of drug-likeness (QED) is 0.736. The average molecular weight is 235 g/mol. The van der Waals surface area contributed by atoms with E-state index in [0.29, 0.717) is 5.41 Å². The number of rotatable bonds is 7. The summed E-state index contributed by atoms with van der Waals surface area (Å²) in [6.07, 6.45) is 11.8. The molecule has 0 unspecified atom stereocenters. The molecule has 2 rings (SSSR count). The molecule has 1 N–H and O–H groups in total. The van der Waals surface area contributed by atoms with E-state index < -0.39 is 0 Å². The molecule has 1 saturated carbocycles. The molecule has 0 aliphatic heterocycles. The maximum Gasteiger partial charge on any atom is 0.108 e. The normalized spacial score (nSPS) is 18.0. The fraction of sp³-hybridized carbons (Fsp3) is 0.786. The second kappa shape index (κ2) is 5.67. The van der Waals surface area contributed by atoms with E-state index in [-0.39, 0.29) is 0 Å². The van der Waals surface area contributed by atoms with Crippen molar-refractivity contribution < 1.29 is 0 Å². The topological polar surface area (TPSA) is 29.9 Å². The van der Waals surface area contributed by atoms with Gasteiger partial charge in [-0.3, -0.25) is 0 Å². The first-order chi connectivity index (χ1) is 8.26. The third-order valence-corrected chi connectivity index (χ3v) is 4.14. The Balaban J connectivity index is 1.81. The van der Waals surface area contributed by atoms with E-state index in [2.05, 4.69) is 28.8 Å². The van der Waals surface area contributed by atoms with Crippen LogP contribution in [-0.4, -0.2) is 22.6 Å². The maximum absolute atomic E-state index is 4.42. The lowest BCUT2D eigenvalue weighted by Crippen LogP contribution is -2.40. The van der Waals surface area contributed by atoms with Crippen LogP contribution in [-0.2, 0) is 13.5 Å². The van der Waals surface area contributed by atoms with Crippen molar-refractivity contribution in [3.8, 4) is 0 Å². The van der Waals surface area contributed by atoms with Crippen molar-refractivity contribution in [1.29, 1.82) is 0 Å². The molecule has 0 radical (unpaired) electrons. The van der Waals surface area contributed by atoms with Gasteiger partial charge in [-0.2, -0.15) is 0 Å². The summed E-state index contributed by atoms with van der Waals surface area (Å²) in [7, 11) is 2.09. The molecule has 3 heteroatoms. The Bertz CT molecular complexity index is 339. The van der Waals surface area contributed by atoms with Crippen LogP contribution in [0.5, 0.6) is 0 Å². The van der Waals surface area contributed by atoms with Crippen LogP contribution in [0.2, 0.25) is 0 Å². The predicted molar refractivity (Wildman–Crippen MR) is 71.0 cm³/mol. The highest BCUT2D eigenvalue weighted by atomic mass is 15.0. The van der Waals surface area contributed by atoms with Crippen LogP contribution in [0, 0.1) is 5.41 Å². The van der Waals surface area contributed by atoms with Gasteiger partial charge in [0, 0.05) is 32.4 Å². The monoisotopic (exact) mass is 235 g/mol. The molecular formula is C14H25N3. The number of nitrogens with one attached hydrogen (secondary N) is 1. The summed E-state index contributed by atoms with van der Waals surface area (Å²) in [5, 5.41) is 3.60. The first-order valence-corrected chi connectivity index (χ1v) is 6.93. The van der Waals surface area contributed by atoms with Gasteiger partial charge in [0.05, 0.1) is 0 Å². The molecule has 0 atom stereocenters. The summed E-state index contributed by atoms with van der Waals surface area (Å²) in [6, 6.07) is 0. The summed E-state index contributed by atoms with van der Waals surface area (Å²) in [5.74, 6) is 1.23. The Hall–Kier alpha value is -0.830. The van der Waals surface area contributed by atoms with Crippen molar-refractivity contribution in [2.75, 3.05) is 13.1 Å². The summed E-state index contributed by atoms with van der Waals surface area (Å²) in [5.41, 5.74) is 0.571. The highest BCUT2D eigenvalue weighted by molar-refractivity contribution is 4.96. The van der Waals surface area contributed by atoms with Crippen LogP contribution in [0.3, 0.4) is 0 Å². The van der Waals surface area contributed by atoms with Crippen molar-refractivity contribution in [2.24, 2.45) is 12.5 Å². The van der Waals surface area contributed by atoms with Crippen LogP contribution in [0.25, 0.3) is 0 Å². The van der Waals surface area contributed by atoms with Crippen LogP contribution >= 0.6 is 0 Å². The molecule has 0 saturated heterocycles. The Labute approximate surface area is 105 Å². The minimum atomic E-state index is 0.571. The Morgan fingerprint density at radius 1 is 1.47 bits per heavy atom. The lowest BCUT2D eigenvalue weighted by atomic mass is 9.66. The molecule has 0 amide bonds. The van der Waals surface area contributed by atoms with Crippen molar-refractivity contribution in [3.63, 3.8) is 0 Å². The SMILES string of the molecule is CCCNCC1(CCc2nccn2C)CCC1. The molecule has 1 aliphatic carbocycles. The Kier molecular flexibility index (Phi) is 4.21.